The summed E-state index contributed by atoms with van der Waals surface area (Å²) in [6, 6.07) is 18.7. The summed E-state index contributed by atoms with van der Waals surface area (Å²) in [4.78, 5) is 17.4. The van der Waals surface area contributed by atoms with Crippen molar-refractivity contribution in [2.24, 2.45) is 5.92 Å². The molecule has 138 valence electrons. The maximum atomic E-state index is 13.2. The van der Waals surface area contributed by atoms with Gasteiger partial charge in [0.15, 0.2) is 0 Å². The molecule has 0 saturated carbocycles. The Hall–Kier alpha value is -2.75. The van der Waals surface area contributed by atoms with Gasteiger partial charge in [0.25, 0.3) is 0 Å². The highest BCUT2D eigenvalue weighted by Crippen LogP contribution is 2.36. The van der Waals surface area contributed by atoms with Crippen LogP contribution in [0.15, 0.2) is 66.9 Å². The fraction of sp³-hybridized carbons (Fsp3) is 0.348. The first-order chi connectivity index (χ1) is 13.3. The smallest absolute Gasteiger partial charge is 0.410 e. The van der Waals surface area contributed by atoms with Crippen LogP contribution in [0.5, 0.6) is 0 Å². The van der Waals surface area contributed by atoms with Gasteiger partial charge in [0.1, 0.15) is 6.10 Å². The highest BCUT2D eigenvalue weighted by Gasteiger charge is 2.37. The van der Waals surface area contributed by atoms with Gasteiger partial charge in [-0.2, -0.15) is 0 Å². The number of fused-ring (bicyclic) bond motifs is 3. The van der Waals surface area contributed by atoms with Gasteiger partial charge in [-0.05, 0) is 35.7 Å². The van der Waals surface area contributed by atoms with Crippen molar-refractivity contribution >= 4 is 6.09 Å². The van der Waals surface area contributed by atoms with Crippen molar-refractivity contribution in [3.05, 3.63) is 83.6 Å². The Morgan fingerprint density at radius 3 is 2.56 bits per heavy atom. The van der Waals surface area contributed by atoms with Crippen LogP contribution in [0.4, 0.5) is 4.79 Å². The molecule has 1 saturated heterocycles. The summed E-state index contributed by atoms with van der Waals surface area (Å²) in [6.07, 6.45) is 6.04. The summed E-state index contributed by atoms with van der Waals surface area (Å²) in [5.41, 5.74) is 3.66. The van der Waals surface area contributed by atoms with Gasteiger partial charge >= 0.3 is 6.09 Å². The summed E-state index contributed by atoms with van der Waals surface area (Å²) < 4.78 is 6.03. The van der Waals surface area contributed by atoms with Crippen LogP contribution in [0, 0.1) is 5.92 Å². The molecule has 0 N–H and O–H groups in total. The molecule has 4 heterocycles. The monoisotopic (exact) mass is 360 g/mol. The standard InChI is InChI=1S/C23H24N2O2/c26-23(27-21-16-24-13-10-18(21)11-14-24)25-15-12-17-6-4-5-9-20(17)22(25)19-7-2-1-3-8-19/h1-10,13,18,21-22H,11-12,14-16H2/t18?,21-,22-/m0/s1. The highest BCUT2D eigenvalue weighted by molar-refractivity contribution is 5.70. The van der Waals surface area contributed by atoms with E-state index in [0.717, 1.165) is 31.5 Å². The highest BCUT2D eigenvalue weighted by atomic mass is 16.6. The Kier molecular flexibility index (Phi) is 4.12. The molecule has 4 aliphatic heterocycles. The Morgan fingerprint density at radius 1 is 1.00 bits per heavy atom. The molecule has 0 spiro atoms. The van der Waals surface area contributed by atoms with E-state index in [1.807, 2.05) is 23.1 Å². The Bertz CT molecular complexity index is 864. The van der Waals surface area contributed by atoms with Crippen LogP contribution >= 0.6 is 0 Å². The van der Waals surface area contributed by atoms with Crippen molar-refractivity contribution in [3.8, 4) is 0 Å². The average Bonchev–Trinajstić information content (AvgIpc) is 2.74. The average molecular weight is 360 g/mol. The third-order valence-electron chi connectivity index (χ3n) is 6.07. The van der Waals surface area contributed by atoms with E-state index < -0.39 is 0 Å². The Labute approximate surface area is 160 Å². The van der Waals surface area contributed by atoms with Crippen molar-refractivity contribution in [1.29, 1.82) is 0 Å². The fourth-order valence-electron chi connectivity index (χ4n) is 4.63. The number of ether oxygens (including phenoxy) is 1. The lowest BCUT2D eigenvalue weighted by Crippen LogP contribution is -2.49. The zero-order chi connectivity index (χ0) is 18.2. The van der Waals surface area contributed by atoms with Crippen LogP contribution in [-0.4, -0.2) is 41.6 Å². The minimum absolute atomic E-state index is 0.0372. The summed E-state index contributed by atoms with van der Waals surface area (Å²) in [5, 5.41) is 0. The molecule has 2 aromatic carbocycles. The van der Waals surface area contributed by atoms with Crippen molar-refractivity contribution in [3.63, 3.8) is 0 Å². The first-order valence-corrected chi connectivity index (χ1v) is 9.82. The summed E-state index contributed by atoms with van der Waals surface area (Å²) in [7, 11) is 0. The minimum atomic E-state index is -0.189. The zero-order valence-corrected chi connectivity index (χ0v) is 15.3. The molecule has 4 nitrogen and oxygen atoms in total. The molecular weight excluding hydrogens is 336 g/mol. The van der Waals surface area contributed by atoms with Crippen LogP contribution in [-0.2, 0) is 11.2 Å². The topological polar surface area (TPSA) is 32.8 Å². The molecule has 0 aliphatic carbocycles. The number of carbonyl (C=O) groups excluding carboxylic acids is 1. The van der Waals surface area contributed by atoms with E-state index in [-0.39, 0.29) is 18.2 Å². The maximum Gasteiger partial charge on any atom is 0.410 e. The van der Waals surface area contributed by atoms with Crippen LogP contribution in [0.1, 0.15) is 29.2 Å². The zero-order valence-electron chi connectivity index (χ0n) is 15.3. The second-order valence-electron chi connectivity index (χ2n) is 7.67. The molecule has 2 bridgehead atoms. The van der Waals surface area contributed by atoms with Gasteiger partial charge in [-0.25, -0.2) is 4.79 Å². The molecular formula is C23H24N2O2. The van der Waals surface area contributed by atoms with Crippen LogP contribution in [0.2, 0.25) is 0 Å². The maximum absolute atomic E-state index is 13.2. The molecule has 2 aromatic rings. The lowest BCUT2D eigenvalue weighted by molar-refractivity contribution is -0.000926. The minimum Gasteiger partial charge on any atom is -0.444 e. The lowest BCUT2D eigenvalue weighted by atomic mass is 9.88. The van der Waals surface area contributed by atoms with Gasteiger partial charge in [0.05, 0.1) is 12.6 Å². The number of rotatable bonds is 2. The van der Waals surface area contributed by atoms with E-state index in [9.17, 15) is 4.79 Å². The second-order valence-corrected chi connectivity index (χ2v) is 7.67. The SMILES string of the molecule is O=C(O[C@H]1CN2C=CC1CC2)N1CCc2ccccc2[C@@H]1c1ccccc1. The molecule has 4 aliphatic rings. The largest absolute Gasteiger partial charge is 0.444 e. The van der Waals surface area contributed by atoms with Crippen molar-refractivity contribution < 1.29 is 9.53 Å². The quantitative estimate of drug-likeness (QED) is 0.812. The van der Waals surface area contributed by atoms with Crippen molar-refractivity contribution in [1.82, 2.24) is 9.80 Å². The van der Waals surface area contributed by atoms with Crippen LogP contribution in [0.25, 0.3) is 0 Å². The van der Waals surface area contributed by atoms with E-state index in [0.29, 0.717) is 12.5 Å². The summed E-state index contributed by atoms with van der Waals surface area (Å²) in [5.74, 6) is 0.353. The first kappa shape index (κ1) is 16.4. The number of piperidine rings is 1. The van der Waals surface area contributed by atoms with Crippen LogP contribution < -0.4 is 0 Å². The Balaban J connectivity index is 1.44. The predicted octanol–water partition coefficient (Wildman–Crippen LogP) is 3.99. The number of nitrogens with zero attached hydrogens (tertiary/aromatic N) is 2. The molecule has 1 fully saturated rings. The number of carbonyl (C=O) groups is 1. The molecule has 0 radical (unpaired) electrons. The molecule has 4 heteroatoms. The number of benzene rings is 2. The van der Waals surface area contributed by atoms with Crippen molar-refractivity contribution in [2.45, 2.75) is 25.0 Å². The molecule has 6 rings (SSSR count). The molecule has 27 heavy (non-hydrogen) atoms. The van der Waals surface area contributed by atoms with Crippen LogP contribution in [0.3, 0.4) is 0 Å². The number of hydrogen-bond donors (Lipinski definition) is 0. The Morgan fingerprint density at radius 2 is 1.81 bits per heavy atom. The van der Waals surface area contributed by atoms with E-state index in [4.69, 9.17) is 4.74 Å². The van der Waals surface area contributed by atoms with Crippen molar-refractivity contribution in [2.75, 3.05) is 19.6 Å². The van der Waals surface area contributed by atoms with Gasteiger partial charge in [-0.15, -0.1) is 0 Å². The lowest BCUT2D eigenvalue weighted by Gasteiger charge is -2.42. The number of amides is 1. The predicted molar refractivity (Wildman–Crippen MR) is 104 cm³/mol. The normalized spacial score (nSPS) is 26.0. The molecule has 0 aromatic heterocycles. The molecule has 1 amide bonds. The van der Waals surface area contributed by atoms with Gasteiger partial charge in [-0.1, -0.05) is 60.7 Å². The number of hydrogen-bond acceptors (Lipinski definition) is 3. The van der Waals surface area contributed by atoms with Gasteiger partial charge in [-0.3, -0.25) is 4.90 Å². The molecule has 3 atom stereocenters. The summed E-state index contributed by atoms with van der Waals surface area (Å²) in [6.45, 7) is 2.57. The molecule has 1 unspecified atom stereocenters. The van der Waals surface area contributed by atoms with Gasteiger partial charge in [0, 0.05) is 19.0 Å². The second kappa shape index (κ2) is 6.76. The van der Waals surface area contributed by atoms with Gasteiger partial charge in [0.2, 0.25) is 0 Å². The van der Waals surface area contributed by atoms with Gasteiger partial charge < -0.3 is 9.64 Å². The van der Waals surface area contributed by atoms with E-state index >= 15 is 0 Å². The van der Waals surface area contributed by atoms with E-state index in [1.54, 1.807) is 0 Å². The third-order valence-corrected chi connectivity index (χ3v) is 6.07. The fourth-order valence-corrected chi connectivity index (χ4v) is 4.63. The summed E-state index contributed by atoms with van der Waals surface area (Å²) >= 11 is 0. The van der Waals surface area contributed by atoms with E-state index in [2.05, 4.69) is 53.6 Å². The third kappa shape index (κ3) is 2.99. The first-order valence-electron chi connectivity index (χ1n) is 9.82. The van der Waals surface area contributed by atoms with E-state index in [1.165, 1.54) is 11.1 Å².